The van der Waals surface area contributed by atoms with E-state index in [0.29, 0.717) is 0 Å². The van der Waals surface area contributed by atoms with E-state index >= 15 is 0 Å². The molecule has 2 aromatic carbocycles. The normalized spacial score (nSPS) is 10.7. The van der Waals surface area contributed by atoms with E-state index in [4.69, 9.17) is 11.5 Å². The Kier molecular flexibility index (Phi) is 2.86. The summed E-state index contributed by atoms with van der Waals surface area (Å²) in [7, 11) is 0. The summed E-state index contributed by atoms with van der Waals surface area (Å²) in [6, 6.07) is 3.60. The number of halogens is 4. The zero-order chi connectivity index (χ0) is 13.4. The van der Waals surface area contributed by atoms with Crippen LogP contribution in [0.5, 0.6) is 0 Å². The molecular formula is C12H8F4N2. The van der Waals surface area contributed by atoms with Crippen LogP contribution in [0.4, 0.5) is 28.9 Å². The molecule has 2 rings (SSSR count). The first-order valence-corrected chi connectivity index (χ1v) is 4.90. The van der Waals surface area contributed by atoms with Gasteiger partial charge in [0.15, 0.2) is 5.82 Å². The van der Waals surface area contributed by atoms with Gasteiger partial charge in [0.1, 0.15) is 17.5 Å². The minimum Gasteiger partial charge on any atom is -0.397 e. The maximum absolute atomic E-state index is 13.8. The third kappa shape index (κ3) is 1.75. The van der Waals surface area contributed by atoms with Crippen molar-refractivity contribution >= 4 is 11.4 Å². The van der Waals surface area contributed by atoms with Gasteiger partial charge in [0, 0.05) is 0 Å². The zero-order valence-electron chi connectivity index (χ0n) is 8.98. The average Bonchev–Trinajstić information content (AvgIpc) is 2.30. The van der Waals surface area contributed by atoms with Crippen LogP contribution in [0.3, 0.4) is 0 Å². The first-order valence-electron chi connectivity index (χ1n) is 4.90. The Bertz CT molecular complexity index is 606. The second-order valence-corrected chi connectivity index (χ2v) is 3.65. The number of rotatable bonds is 1. The van der Waals surface area contributed by atoms with E-state index in [1.807, 2.05) is 0 Å². The molecule has 0 spiro atoms. The number of benzene rings is 2. The Morgan fingerprint density at radius 2 is 1.33 bits per heavy atom. The Labute approximate surface area is 99.8 Å². The lowest BCUT2D eigenvalue weighted by Crippen LogP contribution is -2.04. The number of nitrogen functional groups attached to an aromatic ring is 2. The SMILES string of the molecule is Nc1cc(F)c(-c2c(F)cccc2F)c(F)c1N. The van der Waals surface area contributed by atoms with Gasteiger partial charge < -0.3 is 11.5 Å². The van der Waals surface area contributed by atoms with Gasteiger partial charge in [0.05, 0.1) is 22.5 Å². The van der Waals surface area contributed by atoms with E-state index in [9.17, 15) is 17.6 Å². The van der Waals surface area contributed by atoms with Gasteiger partial charge in [-0.1, -0.05) is 6.07 Å². The summed E-state index contributed by atoms with van der Waals surface area (Å²) in [5.41, 5.74) is 7.98. The fourth-order valence-corrected chi connectivity index (χ4v) is 1.62. The molecule has 0 radical (unpaired) electrons. The second-order valence-electron chi connectivity index (χ2n) is 3.65. The molecule has 0 aliphatic carbocycles. The maximum Gasteiger partial charge on any atom is 0.159 e. The van der Waals surface area contributed by atoms with Gasteiger partial charge in [0.25, 0.3) is 0 Å². The van der Waals surface area contributed by atoms with Crippen molar-refractivity contribution < 1.29 is 17.6 Å². The Hall–Kier alpha value is -2.24. The van der Waals surface area contributed by atoms with Crippen molar-refractivity contribution in [1.29, 1.82) is 0 Å². The molecule has 0 aliphatic heterocycles. The van der Waals surface area contributed by atoms with Gasteiger partial charge in [0.2, 0.25) is 0 Å². The Morgan fingerprint density at radius 3 is 1.89 bits per heavy atom. The van der Waals surface area contributed by atoms with Crippen molar-refractivity contribution in [3.05, 3.63) is 47.5 Å². The van der Waals surface area contributed by atoms with Crippen LogP contribution in [0, 0.1) is 23.3 Å². The molecular weight excluding hydrogens is 248 g/mol. The van der Waals surface area contributed by atoms with Gasteiger partial charge in [-0.15, -0.1) is 0 Å². The van der Waals surface area contributed by atoms with Crippen LogP contribution >= 0.6 is 0 Å². The van der Waals surface area contributed by atoms with Crippen LogP contribution in [0.25, 0.3) is 11.1 Å². The predicted octanol–water partition coefficient (Wildman–Crippen LogP) is 3.07. The molecule has 0 heterocycles. The smallest absolute Gasteiger partial charge is 0.159 e. The average molecular weight is 256 g/mol. The molecule has 4 N–H and O–H groups in total. The largest absolute Gasteiger partial charge is 0.397 e. The number of nitrogens with two attached hydrogens (primary N) is 2. The molecule has 0 aromatic heterocycles. The van der Waals surface area contributed by atoms with Crippen molar-refractivity contribution in [3.8, 4) is 11.1 Å². The van der Waals surface area contributed by atoms with E-state index in [2.05, 4.69) is 0 Å². The molecule has 0 fully saturated rings. The van der Waals surface area contributed by atoms with Gasteiger partial charge in [-0.3, -0.25) is 0 Å². The highest BCUT2D eigenvalue weighted by atomic mass is 19.1. The van der Waals surface area contributed by atoms with Gasteiger partial charge in [-0.25, -0.2) is 17.6 Å². The molecule has 0 unspecified atom stereocenters. The standard InChI is InChI=1S/C12H8F4N2/c13-5-2-1-3-6(14)9(5)10-7(15)4-8(17)12(18)11(10)16/h1-4H,17-18H2. The zero-order valence-corrected chi connectivity index (χ0v) is 8.98. The molecule has 0 saturated carbocycles. The third-order valence-corrected chi connectivity index (χ3v) is 2.50. The fraction of sp³-hybridized carbons (Fsp3) is 0. The van der Waals surface area contributed by atoms with E-state index in [-0.39, 0.29) is 5.69 Å². The minimum absolute atomic E-state index is 0.328. The molecule has 6 heteroatoms. The molecule has 2 aromatic rings. The summed E-state index contributed by atoms with van der Waals surface area (Å²) < 4.78 is 54.4. The summed E-state index contributed by atoms with van der Waals surface area (Å²) in [4.78, 5) is 0. The maximum atomic E-state index is 13.8. The van der Waals surface area contributed by atoms with Crippen molar-refractivity contribution in [3.63, 3.8) is 0 Å². The van der Waals surface area contributed by atoms with Gasteiger partial charge >= 0.3 is 0 Å². The predicted molar refractivity (Wildman–Crippen MR) is 60.5 cm³/mol. The van der Waals surface area contributed by atoms with Crippen LogP contribution in [-0.2, 0) is 0 Å². The summed E-state index contributed by atoms with van der Waals surface area (Å²) >= 11 is 0. The molecule has 0 atom stereocenters. The number of hydrogen-bond acceptors (Lipinski definition) is 2. The molecule has 0 saturated heterocycles. The molecule has 18 heavy (non-hydrogen) atoms. The van der Waals surface area contributed by atoms with Crippen LogP contribution in [0.15, 0.2) is 24.3 Å². The van der Waals surface area contributed by atoms with Crippen molar-refractivity contribution in [2.75, 3.05) is 11.5 Å². The van der Waals surface area contributed by atoms with Crippen LogP contribution in [0.1, 0.15) is 0 Å². The summed E-state index contributed by atoms with van der Waals surface area (Å²) in [6.45, 7) is 0. The highest BCUT2D eigenvalue weighted by Gasteiger charge is 2.22. The van der Waals surface area contributed by atoms with Crippen molar-refractivity contribution in [2.45, 2.75) is 0 Å². The second kappa shape index (κ2) is 4.21. The van der Waals surface area contributed by atoms with E-state index in [1.165, 1.54) is 0 Å². The quantitative estimate of drug-likeness (QED) is 0.608. The lowest BCUT2D eigenvalue weighted by molar-refractivity contribution is 0.565. The highest BCUT2D eigenvalue weighted by molar-refractivity contribution is 5.76. The van der Waals surface area contributed by atoms with Crippen molar-refractivity contribution in [2.24, 2.45) is 0 Å². The van der Waals surface area contributed by atoms with Gasteiger partial charge in [-0.05, 0) is 18.2 Å². The minimum atomic E-state index is -1.28. The van der Waals surface area contributed by atoms with Crippen LogP contribution in [-0.4, -0.2) is 0 Å². The lowest BCUT2D eigenvalue weighted by atomic mass is 10.0. The monoisotopic (exact) mass is 256 g/mol. The first-order chi connectivity index (χ1) is 8.43. The molecule has 2 nitrogen and oxygen atoms in total. The Balaban J connectivity index is 2.84. The van der Waals surface area contributed by atoms with Crippen LogP contribution in [0.2, 0.25) is 0 Å². The van der Waals surface area contributed by atoms with E-state index in [0.717, 1.165) is 24.3 Å². The highest BCUT2D eigenvalue weighted by Crippen LogP contribution is 2.35. The lowest BCUT2D eigenvalue weighted by Gasteiger charge is -2.11. The third-order valence-electron chi connectivity index (χ3n) is 2.50. The summed E-state index contributed by atoms with van der Waals surface area (Å²) in [5, 5.41) is 0. The molecule has 0 aliphatic rings. The summed E-state index contributed by atoms with van der Waals surface area (Å²) in [6.07, 6.45) is 0. The topological polar surface area (TPSA) is 52.0 Å². The fourth-order valence-electron chi connectivity index (χ4n) is 1.62. The first kappa shape index (κ1) is 12.2. The molecule has 0 bridgehead atoms. The van der Waals surface area contributed by atoms with Crippen molar-refractivity contribution in [1.82, 2.24) is 0 Å². The van der Waals surface area contributed by atoms with Gasteiger partial charge in [-0.2, -0.15) is 0 Å². The summed E-state index contributed by atoms with van der Waals surface area (Å²) in [5.74, 6) is -4.63. The molecule has 0 amide bonds. The number of hydrogen-bond donors (Lipinski definition) is 2. The van der Waals surface area contributed by atoms with E-state index < -0.39 is 40.1 Å². The number of anilines is 2. The molecule has 94 valence electrons. The Morgan fingerprint density at radius 1 is 0.778 bits per heavy atom. The van der Waals surface area contributed by atoms with Crippen LogP contribution < -0.4 is 11.5 Å². The van der Waals surface area contributed by atoms with E-state index in [1.54, 1.807) is 0 Å².